The Kier molecular flexibility index (Phi) is 3.63. The molecule has 6 nitrogen and oxygen atoms in total. The Hall–Kier alpha value is -1.47. The maximum Gasteiger partial charge on any atom is 0.272 e. The molecule has 1 heterocycles. The number of rotatable bonds is 3. The van der Waals surface area contributed by atoms with Gasteiger partial charge in [0.1, 0.15) is 0 Å². The summed E-state index contributed by atoms with van der Waals surface area (Å²) in [5.41, 5.74) is 0.457. The van der Waals surface area contributed by atoms with Crippen molar-refractivity contribution in [3.63, 3.8) is 0 Å². The number of nitro groups is 1. The lowest BCUT2D eigenvalue weighted by Gasteiger charge is -2.23. The average Bonchev–Trinajstić information content (AvgIpc) is 2.32. The van der Waals surface area contributed by atoms with Crippen LogP contribution in [-0.2, 0) is 16.3 Å². The van der Waals surface area contributed by atoms with Crippen molar-refractivity contribution in [1.29, 1.82) is 0 Å². The normalized spacial score (nSPS) is 22.6. The Morgan fingerprint density at radius 2 is 2.11 bits per heavy atom. The van der Waals surface area contributed by atoms with Gasteiger partial charge in [-0.25, -0.2) is 8.42 Å². The first kappa shape index (κ1) is 13.0. The molecule has 1 aromatic carbocycles. The van der Waals surface area contributed by atoms with Crippen LogP contribution in [0.15, 0.2) is 24.3 Å². The Bertz CT molecular complexity index is 556. The van der Waals surface area contributed by atoms with E-state index in [2.05, 4.69) is 5.32 Å². The molecular weight excluding hydrogens is 256 g/mol. The molecule has 1 aliphatic heterocycles. The first-order valence-corrected chi connectivity index (χ1v) is 7.37. The fourth-order valence-corrected chi connectivity index (χ4v) is 3.64. The maximum absolute atomic E-state index is 11.9. The lowest BCUT2D eigenvalue weighted by atomic mass is 10.1. The van der Waals surface area contributed by atoms with Crippen LogP contribution in [0.3, 0.4) is 0 Å². The third-order valence-corrected chi connectivity index (χ3v) is 5.20. The molecule has 1 aromatic rings. The summed E-state index contributed by atoms with van der Waals surface area (Å²) in [6.07, 6.45) is 0.187. The number of hydrogen-bond acceptors (Lipinski definition) is 5. The van der Waals surface area contributed by atoms with Crippen LogP contribution in [0.5, 0.6) is 0 Å². The van der Waals surface area contributed by atoms with Crippen molar-refractivity contribution in [2.45, 2.75) is 11.7 Å². The molecule has 1 unspecified atom stereocenters. The SMILES string of the molecule is O=[N+]([O-])c1ccccc1CC1CNCCS1(=O)=O. The summed E-state index contributed by atoms with van der Waals surface area (Å²) in [4.78, 5) is 10.4. The Morgan fingerprint density at radius 3 is 2.78 bits per heavy atom. The van der Waals surface area contributed by atoms with Crippen LogP contribution in [0.1, 0.15) is 5.56 Å². The second kappa shape index (κ2) is 5.03. The van der Waals surface area contributed by atoms with E-state index in [0.29, 0.717) is 18.7 Å². The van der Waals surface area contributed by atoms with E-state index >= 15 is 0 Å². The van der Waals surface area contributed by atoms with Gasteiger partial charge < -0.3 is 5.32 Å². The summed E-state index contributed by atoms with van der Waals surface area (Å²) in [6, 6.07) is 6.28. The zero-order valence-electron chi connectivity index (χ0n) is 9.70. The molecule has 0 aromatic heterocycles. The summed E-state index contributed by atoms with van der Waals surface area (Å²) < 4.78 is 23.7. The fraction of sp³-hybridized carbons (Fsp3) is 0.455. The van der Waals surface area contributed by atoms with E-state index in [1.54, 1.807) is 18.2 Å². The molecule has 0 bridgehead atoms. The van der Waals surface area contributed by atoms with Crippen molar-refractivity contribution in [2.24, 2.45) is 0 Å². The topological polar surface area (TPSA) is 89.3 Å². The van der Waals surface area contributed by atoms with Crippen molar-refractivity contribution in [2.75, 3.05) is 18.8 Å². The van der Waals surface area contributed by atoms with Crippen molar-refractivity contribution in [3.05, 3.63) is 39.9 Å². The van der Waals surface area contributed by atoms with E-state index in [1.807, 2.05) is 0 Å². The van der Waals surface area contributed by atoms with Crippen LogP contribution in [0.25, 0.3) is 0 Å². The van der Waals surface area contributed by atoms with Crippen LogP contribution in [0, 0.1) is 10.1 Å². The van der Waals surface area contributed by atoms with Crippen molar-refractivity contribution in [1.82, 2.24) is 5.32 Å². The Morgan fingerprint density at radius 1 is 1.39 bits per heavy atom. The van der Waals surface area contributed by atoms with Gasteiger partial charge in [-0.1, -0.05) is 18.2 Å². The highest BCUT2D eigenvalue weighted by Gasteiger charge is 2.30. The van der Waals surface area contributed by atoms with Gasteiger partial charge in [0.25, 0.3) is 5.69 Å². The van der Waals surface area contributed by atoms with Crippen molar-refractivity contribution in [3.8, 4) is 0 Å². The van der Waals surface area contributed by atoms with E-state index in [-0.39, 0.29) is 17.9 Å². The van der Waals surface area contributed by atoms with E-state index in [0.717, 1.165) is 0 Å². The van der Waals surface area contributed by atoms with E-state index in [4.69, 9.17) is 0 Å². The molecule has 1 saturated heterocycles. The lowest BCUT2D eigenvalue weighted by Crippen LogP contribution is -2.45. The number of nitro benzene ring substituents is 1. The highest BCUT2D eigenvalue weighted by atomic mass is 32.2. The molecule has 98 valence electrons. The van der Waals surface area contributed by atoms with Gasteiger partial charge in [-0.2, -0.15) is 0 Å². The largest absolute Gasteiger partial charge is 0.314 e. The molecule has 1 atom stereocenters. The van der Waals surface area contributed by atoms with Crippen molar-refractivity contribution >= 4 is 15.5 Å². The second-order valence-electron chi connectivity index (χ2n) is 4.28. The predicted molar refractivity (Wildman–Crippen MR) is 67.2 cm³/mol. The second-order valence-corrected chi connectivity index (χ2v) is 6.68. The summed E-state index contributed by atoms with van der Waals surface area (Å²) in [5.74, 6) is 0.0955. The number of nitrogens with one attached hydrogen (secondary N) is 1. The van der Waals surface area contributed by atoms with Gasteiger partial charge in [-0.15, -0.1) is 0 Å². The number of benzene rings is 1. The minimum absolute atomic E-state index is 0.0155. The smallest absolute Gasteiger partial charge is 0.272 e. The summed E-state index contributed by atoms with van der Waals surface area (Å²) in [6.45, 7) is 0.810. The first-order chi connectivity index (χ1) is 8.50. The summed E-state index contributed by atoms with van der Waals surface area (Å²) >= 11 is 0. The average molecular weight is 270 g/mol. The summed E-state index contributed by atoms with van der Waals surface area (Å²) in [7, 11) is -3.15. The van der Waals surface area contributed by atoms with Gasteiger partial charge in [0.2, 0.25) is 0 Å². The number of para-hydroxylation sites is 1. The third-order valence-electron chi connectivity index (χ3n) is 3.08. The number of nitrogens with zero attached hydrogens (tertiary/aromatic N) is 1. The number of hydrogen-bond donors (Lipinski definition) is 1. The lowest BCUT2D eigenvalue weighted by molar-refractivity contribution is -0.385. The first-order valence-electron chi connectivity index (χ1n) is 5.65. The molecule has 18 heavy (non-hydrogen) atoms. The van der Waals surface area contributed by atoms with E-state index in [1.165, 1.54) is 6.07 Å². The monoisotopic (exact) mass is 270 g/mol. The zero-order chi connectivity index (χ0) is 13.2. The van der Waals surface area contributed by atoms with Crippen LogP contribution >= 0.6 is 0 Å². The maximum atomic E-state index is 11.9. The Labute approximate surface area is 105 Å². The third kappa shape index (κ3) is 2.68. The number of sulfone groups is 1. The molecule has 1 aliphatic rings. The molecule has 7 heteroatoms. The predicted octanol–water partition coefficient (Wildman–Crippen LogP) is 0.524. The molecule has 0 amide bonds. The minimum atomic E-state index is -3.15. The summed E-state index contributed by atoms with van der Waals surface area (Å²) in [5, 5.41) is 13.3. The molecule has 0 radical (unpaired) electrons. The van der Waals surface area contributed by atoms with Gasteiger partial charge in [-0.05, 0) is 6.42 Å². The van der Waals surface area contributed by atoms with E-state index in [9.17, 15) is 18.5 Å². The molecule has 0 aliphatic carbocycles. The van der Waals surface area contributed by atoms with Crippen LogP contribution in [-0.4, -0.2) is 37.4 Å². The highest BCUT2D eigenvalue weighted by Crippen LogP contribution is 2.22. The van der Waals surface area contributed by atoms with Gasteiger partial charge in [0.15, 0.2) is 9.84 Å². The molecule has 1 N–H and O–H groups in total. The molecular formula is C11H14N2O4S. The van der Waals surface area contributed by atoms with Crippen molar-refractivity contribution < 1.29 is 13.3 Å². The van der Waals surface area contributed by atoms with E-state index < -0.39 is 20.0 Å². The highest BCUT2D eigenvalue weighted by molar-refractivity contribution is 7.92. The molecule has 1 fully saturated rings. The zero-order valence-corrected chi connectivity index (χ0v) is 10.5. The van der Waals surface area contributed by atoms with Crippen LogP contribution in [0.4, 0.5) is 5.69 Å². The standard InChI is InChI=1S/C11H14N2O4S/c14-13(15)11-4-2-1-3-9(11)7-10-8-12-5-6-18(10,16)17/h1-4,10,12H,5-8H2. The fourth-order valence-electron chi connectivity index (χ4n) is 2.08. The van der Waals surface area contributed by atoms with Crippen LogP contribution in [0.2, 0.25) is 0 Å². The Balaban J connectivity index is 2.26. The minimum Gasteiger partial charge on any atom is -0.314 e. The van der Waals surface area contributed by atoms with Gasteiger partial charge in [-0.3, -0.25) is 10.1 Å². The van der Waals surface area contributed by atoms with Crippen LogP contribution < -0.4 is 5.32 Å². The molecule has 2 rings (SSSR count). The van der Waals surface area contributed by atoms with Gasteiger partial charge in [0, 0.05) is 24.7 Å². The molecule has 0 spiro atoms. The molecule has 0 saturated carbocycles. The quantitative estimate of drug-likeness (QED) is 0.639. The van der Waals surface area contributed by atoms with Gasteiger partial charge >= 0.3 is 0 Å². The van der Waals surface area contributed by atoms with Gasteiger partial charge in [0.05, 0.1) is 15.9 Å².